The molecule has 7 heteroatoms. The summed E-state index contributed by atoms with van der Waals surface area (Å²) in [5, 5.41) is 11.0. The molecular weight excluding hydrogens is 554 g/mol. The molecule has 1 amide bonds. The first-order chi connectivity index (χ1) is 20.9. The summed E-state index contributed by atoms with van der Waals surface area (Å²) in [5.41, 5.74) is 2.95. The molecule has 2 aromatic carbocycles. The van der Waals surface area contributed by atoms with E-state index in [9.17, 15) is 14.7 Å². The van der Waals surface area contributed by atoms with E-state index < -0.39 is 24.3 Å². The van der Waals surface area contributed by atoms with Crippen LogP contribution in [0.25, 0.3) is 11.0 Å². The fourth-order valence-corrected chi connectivity index (χ4v) is 5.66. The number of rotatable bonds is 11. The Morgan fingerprint density at radius 3 is 2.36 bits per heavy atom. The molecule has 1 aliphatic rings. The Bertz CT molecular complexity index is 1530. The Hall–Kier alpha value is -4.02. The number of esters is 1. The highest BCUT2D eigenvalue weighted by Crippen LogP contribution is 2.33. The highest BCUT2D eigenvalue weighted by molar-refractivity contribution is 5.91. The van der Waals surface area contributed by atoms with Crippen LogP contribution in [-0.2, 0) is 20.8 Å². The van der Waals surface area contributed by atoms with Gasteiger partial charge in [-0.2, -0.15) is 0 Å². The fraction of sp³-hybridized carbons (Fsp3) is 0.459. The highest BCUT2D eigenvalue weighted by atomic mass is 16.6. The number of fused-ring (bicyclic) bond motifs is 1. The lowest BCUT2D eigenvalue weighted by Crippen LogP contribution is -2.41. The van der Waals surface area contributed by atoms with Gasteiger partial charge in [-0.15, -0.1) is 0 Å². The van der Waals surface area contributed by atoms with E-state index in [-0.39, 0.29) is 19.6 Å². The quantitative estimate of drug-likeness (QED) is 0.140. The monoisotopic (exact) mass is 599 g/mol. The van der Waals surface area contributed by atoms with Gasteiger partial charge < -0.3 is 23.9 Å². The number of aryl methyl sites for hydroxylation is 1. The summed E-state index contributed by atoms with van der Waals surface area (Å²) in [6, 6.07) is 15.7. The fourth-order valence-electron chi connectivity index (χ4n) is 5.66. The van der Waals surface area contributed by atoms with Gasteiger partial charge in [0.1, 0.15) is 18.0 Å². The van der Waals surface area contributed by atoms with E-state index in [2.05, 4.69) is 39.5 Å². The second kappa shape index (κ2) is 14.6. The maximum Gasteiger partial charge on any atom is 0.410 e. The van der Waals surface area contributed by atoms with Gasteiger partial charge in [-0.3, -0.25) is 0 Å². The number of ether oxygens (including phenoxy) is 2. The van der Waals surface area contributed by atoms with Crippen molar-refractivity contribution < 1.29 is 28.6 Å². The highest BCUT2D eigenvalue weighted by Gasteiger charge is 2.44. The molecule has 1 fully saturated rings. The van der Waals surface area contributed by atoms with Crippen molar-refractivity contribution in [1.82, 2.24) is 4.90 Å². The number of cyclic esters (lactones) is 1. The first kappa shape index (κ1) is 32.9. The Labute approximate surface area is 261 Å². The minimum Gasteiger partial charge on any atom is -0.459 e. The van der Waals surface area contributed by atoms with Gasteiger partial charge in [-0.1, -0.05) is 63.3 Å². The third-order valence-corrected chi connectivity index (χ3v) is 7.81. The van der Waals surface area contributed by atoms with Crippen molar-refractivity contribution in [2.24, 2.45) is 17.8 Å². The van der Waals surface area contributed by atoms with Crippen LogP contribution < -0.4 is 0 Å². The average molecular weight is 600 g/mol. The number of carbonyl (C=O) groups excluding carboxylic acids is 2. The molecule has 1 saturated heterocycles. The average Bonchev–Trinajstić information content (AvgIpc) is 3.53. The summed E-state index contributed by atoms with van der Waals surface area (Å²) in [5.74, 6) is 8.12. The van der Waals surface area contributed by atoms with Crippen LogP contribution >= 0.6 is 0 Å². The van der Waals surface area contributed by atoms with Crippen molar-refractivity contribution in [2.45, 2.75) is 72.4 Å². The maximum atomic E-state index is 12.9. The topological polar surface area (TPSA) is 89.2 Å². The molecule has 0 saturated carbocycles. The largest absolute Gasteiger partial charge is 0.459 e. The Morgan fingerprint density at radius 1 is 1.05 bits per heavy atom. The molecule has 0 radical (unpaired) electrons. The normalized spacial score (nSPS) is 17.4. The number of nitrogens with zero attached hydrogens (tertiary/aromatic N) is 1. The van der Waals surface area contributed by atoms with Crippen LogP contribution in [0.15, 0.2) is 64.6 Å². The van der Waals surface area contributed by atoms with Gasteiger partial charge in [0.2, 0.25) is 0 Å². The smallest absolute Gasteiger partial charge is 0.410 e. The van der Waals surface area contributed by atoms with E-state index in [1.165, 1.54) is 10.5 Å². The molecule has 1 N–H and O–H groups in total. The zero-order valence-corrected chi connectivity index (χ0v) is 26.8. The van der Waals surface area contributed by atoms with Crippen LogP contribution in [-0.4, -0.2) is 47.9 Å². The predicted octanol–water partition coefficient (Wildman–Crippen LogP) is 7.41. The second-order valence-electron chi connectivity index (χ2n) is 13.0. The summed E-state index contributed by atoms with van der Waals surface area (Å²) < 4.78 is 17.0. The van der Waals surface area contributed by atoms with Crippen LogP contribution in [0.3, 0.4) is 0 Å². The SMILES string of the molecule is Cc1ccc(C#Cc2ccc3oc(CN(C)C(=O)OC[C@]4(CO)C/C(=C\CC(CC(C)C)CC(C)C)C(=O)O4)cc3c2)cc1. The summed E-state index contributed by atoms with van der Waals surface area (Å²) in [6.07, 6.45) is 4.49. The molecule has 1 atom stereocenters. The number of benzene rings is 2. The maximum absolute atomic E-state index is 12.9. The van der Waals surface area contributed by atoms with E-state index >= 15 is 0 Å². The molecule has 0 unspecified atom stereocenters. The summed E-state index contributed by atoms with van der Waals surface area (Å²) in [4.78, 5) is 26.9. The third kappa shape index (κ3) is 9.00. The number of carbonyl (C=O) groups is 2. The van der Waals surface area contributed by atoms with Gasteiger partial charge in [0.05, 0.1) is 13.2 Å². The molecule has 2 heterocycles. The van der Waals surface area contributed by atoms with E-state index in [0.29, 0.717) is 34.7 Å². The zero-order chi connectivity index (χ0) is 31.9. The molecule has 1 aromatic heterocycles. The molecule has 0 aliphatic carbocycles. The minimum absolute atomic E-state index is 0.183. The number of aliphatic hydroxyl groups excluding tert-OH is 1. The summed E-state index contributed by atoms with van der Waals surface area (Å²) in [7, 11) is 1.61. The van der Waals surface area contributed by atoms with Gasteiger partial charge in [0.25, 0.3) is 0 Å². The number of hydrogen-bond donors (Lipinski definition) is 1. The standard InChI is InChI=1S/C37H45NO6/c1-25(2)17-30(18-26(3)4)13-15-31-21-37(23-39,44-35(31)40)24-42-36(41)38(6)22-33-20-32-19-29(14-16-34(32)43-33)12-11-28-9-7-27(5)8-10-28/h7-10,14-16,19-20,25-26,30,39H,13,17-18,21-24H2,1-6H3/b31-15+/t37-/m1/s1. The molecule has 7 nitrogen and oxygen atoms in total. The number of aliphatic hydroxyl groups is 1. The number of furan rings is 1. The second-order valence-corrected chi connectivity index (χ2v) is 13.0. The zero-order valence-electron chi connectivity index (χ0n) is 26.8. The van der Waals surface area contributed by atoms with E-state index in [1.807, 2.05) is 61.5 Å². The molecule has 234 valence electrons. The van der Waals surface area contributed by atoms with Crippen LogP contribution in [0.1, 0.15) is 75.8 Å². The van der Waals surface area contributed by atoms with Crippen molar-refractivity contribution in [1.29, 1.82) is 0 Å². The first-order valence-electron chi connectivity index (χ1n) is 15.5. The van der Waals surface area contributed by atoms with Crippen LogP contribution in [0.5, 0.6) is 0 Å². The first-order valence-corrected chi connectivity index (χ1v) is 15.5. The van der Waals surface area contributed by atoms with Crippen molar-refractivity contribution in [2.75, 3.05) is 20.3 Å². The lowest BCUT2D eigenvalue weighted by atomic mass is 9.86. The van der Waals surface area contributed by atoms with E-state index in [0.717, 1.165) is 35.8 Å². The molecule has 4 rings (SSSR count). The molecule has 1 aliphatic heterocycles. The van der Waals surface area contributed by atoms with Gasteiger partial charge in [0, 0.05) is 35.6 Å². The van der Waals surface area contributed by atoms with Gasteiger partial charge in [-0.05, 0) is 80.3 Å². The molecule has 0 spiro atoms. The Kier molecular flexibility index (Phi) is 10.9. The Morgan fingerprint density at radius 2 is 1.70 bits per heavy atom. The molecular formula is C37H45NO6. The van der Waals surface area contributed by atoms with Crippen LogP contribution in [0.2, 0.25) is 0 Å². The van der Waals surface area contributed by atoms with Crippen molar-refractivity contribution >= 4 is 23.0 Å². The molecule has 0 bridgehead atoms. The lowest BCUT2D eigenvalue weighted by Gasteiger charge is -2.25. The third-order valence-electron chi connectivity index (χ3n) is 7.81. The predicted molar refractivity (Wildman–Crippen MR) is 172 cm³/mol. The van der Waals surface area contributed by atoms with Crippen molar-refractivity contribution in [3.8, 4) is 11.8 Å². The minimum atomic E-state index is -1.28. The van der Waals surface area contributed by atoms with Gasteiger partial charge in [0.15, 0.2) is 5.60 Å². The Balaban J connectivity index is 1.34. The molecule has 44 heavy (non-hydrogen) atoms. The van der Waals surface area contributed by atoms with Gasteiger partial charge in [-0.25, -0.2) is 9.59 Å². The van der Waals surface area contributed by atoms with Crippen LogP contribution in [0, 0.1) is 36.5 Å². The lowest BCUT2D eigenvalue weighted by molar-refractivity contribution is -0.154. The summed E-state index contributed by atoms with van der Waals surface area (Å²) in [6.45, 7) is 10.4. The van der Waals surface area contributed by atoms with Crippen LogP contribution in [0.4, 0.5) is 4.79 Å². The van der Waals surface area contributed by atoms with E-state index in [1.54, 1.807) is 7.05 Å². The summed E-state index contributed by atoms with van der Waals surface area (Å²) >= 11 is 0. The van der Waals surface area contributed by atoms with Crippen molar-refractivity contribution in [3.05, 3.63) is 82.6 Å². The van der Waals surface area contributed by atoms with Crippen molar-refractivity contribution in [3.63, 3.8) is 0 Å². The van der Waals surface area contributed by atoms with Gasteiger partial charge >= 0.3 is 12.1 Å². The molecule has 3 aromatic rings. The number of allylic oxidation sites excluding steroid dienone is 1. The number of hydrogen-bond acceptors (Lipinski definition) is 6. The van der Waals surface area contributed by atoms with E-state index in [4.69, 9.17) is 13.9 Å². The number of amides is 1.